The Balaban J connectivity index is 1.83. The van der Waals surface area contributed by atoms with Gasteiger partial charge in [-0.1, -0.05) is 29.8 Å². The van der Waals surface area contributed by atoms with Gasteiger partial charge in [-0.2, -0.15) is 0 Å². The van der Waals surface area contributed by atoms with E-state index in [1.54, 1.807) is 56.3 Å². The molecule has 0 aliphatic carbocycles. The van der Waals surface area contributed by atoms with Gasteiger partial charge in [-0.3, -0.25) is 9.52 Å². The fourth-order valence-corrected chi connectivity index (χ4v) is 4.11. The van der Waals surface area contributed by atoms with Crippen molar-refractivity contribution in [3.8, 4) is 0 Å². The minimum absolute atomic E-state index is 0.101. The van der Waals surface area contributed by atoms with Crippen LogP contribution in [0.1, 0.15) is 38.8 Å². The highest BCUT2D eigenvalue weighted by molar-refractivity contribution is 7.92. The third-order valence-electron chi connectivity index (χ3n) is 4.73. The van der Waals surface area contributed by atoms with Gasteiger partial charge in [0.15, 0.2) is 0 Å². The molecule has 32 heavy (non-hydrogen) atoms. The Kier molecular flexibility index (Phi) is 6.95. The van der Waals surface area contributed by atoms with Crippen LogP contribution in [0.25, 0.3) is 0 Å². The van der Waals surface area contributed by atoms with E-state index in [0.717, 1.165) is 5.56 Å². The molecule has 8 heteroatoms. The van der Waals surface area contributed by atoms with Crippen molar-refractivity contribution < 1.29 is 22.7 Å². The quantitative estimate of drug-likeness (QED) is 0.513. The fraction of sp³-hybridized carbons (Fsp3) is 0.167. The molecule has 0 fully saturated rings. The molecule has 3 rings (SSSR count). The number of carbonyl (C=O) groups is 2. The Morgan fingerprint density at radius 3 is 2.25 bits per heavy atom. The number of carbonyl (C=O) groups excluding carboxylic acids is 2. The van der Waals surface area contributed by atoms with E-state index in [1.165, 1.54) is 24.3 Å². The van der Waals surface area contributed by atoms with Crippen molar-refractivity contribution in [1.29, 1.82) is 0 Å². The van der Waals surface area contributed by atoms with Gasteiger partial charge in [0.1, 0.15) is 0 Å². The van der Waals surface area contributed by atoms with Gasteiger partial charge in [-0.05, 0) is 68.8 Å². The molecule has 0 heterocycles. The molecular weight excluding hydrogens is 428 g/mol. The summed E-state index contributed by atoms with van der Waals surface area (Å²) in [6.45, 7) is 5.62. The number of ether oxygens (including phenoxy) is 1. The molecule has 2 N–H and O–H groups in total. The molecule has 0 saturated heterocycles. The Labute approximate surface area is 187 Å². The van der Waals surface area contributed by atoms with Gasteiger partial charge in [0.2, 0.25) is 0 Å². The summed E-state index contributed by atoms with van der Waals surface area (Å²) in [7, 11) is -3.87. The number of benzene rings is 3. The zero-order valence-electron chi connectivity index (χ0n) is 18.0. The Hall–Kier alpha value is -3.65. The van der Waals surface area contributed by atoms with E-state index in [-0.39, 0.29) is 22.8 Å². The number of para-hydroxylation sites is 1. The first-order chi connectivity index (χ1) is 15.2. The second-order valence-corrected chi connectivity index (χ2v) is 8.85. The number of amides is 1. The lowest BCUT2D eigenvalue weighted by molar-refractivity contribution is 0.0526. The van der Waals surface area contributed by atoms with Crippen molar-refractivity contribution >= 4 is 33.3 Å². The lowest BCUT2D eigenvalue weighted by atomic mass is 10.1. The summed E-state index contributed by atoms with van der Waals surface area (Å²) in [6, 6.07) is 17.6. The van der Waals surface area contributed by atoms with Crippen LogP contribution in [0, 0.1) is 13.8 Å². The number of nitrogens with one attached hydrogen (secondary N) is 2. The highest BCUT2D eigenvalue weighted by Gasteiger charge is 2.19. The van der Waals surface area contributed by atoms with Crippen molar-refractivity contribution in [2.75, 3.05) is 16.6 Å². The molecule has 166 valence electrons. The van der Waals surface area contributed by atoms with Crippen LogP contribution in [0.15, 0.2) is 71.6 Å². The van der Waals surface area contributed by atoms with Gasteiger partial charge in [-0.15, -0.1) is 0 Å². The van der Waals surface area contributed by atoms with Crippen LogP contribution in [0.2, 0.25) is 0 Å². The predicted octanol–water partition coefficient (Wildman–Crippen LogP) is 4.53. The van der Waals surface area contributed by atoms with Crippen LogP contribution in [-0.4, -0.2) is 26.9 Å². The molecule has 0 unspecified atom stereocenters. The smallest absolute Gasteiger partial charge is 0.338 e. The van der Waals surface area contributed by atoms with Crippen LogP contribution in [-0.2, 0) is 14.8 Å². The first-order valence-corrected chi connectivity index (χ1v) is 11.5. The molecular formula is C24H24N2O5S. The molecule has 0 radical (unpaired) electrons. The van der Waals surface area contributed by atoms with Gasteiger partial charge in [0, 0.05) is 5.69 Å². The molecule has 0 aliphatic rings. The highest BCUT2D eigenvalue weighted by atomic mass is 32.2. The summed E-state index contributed by atoms with van der Waals surface area (Å²) >= 11 is 0. The summed E-state index contributed by atoms with van der Waals surface area (Å²) < 4.78 is 33.0. The van der Waals surface area contributed by atoms with Gasteiger partial charge in [0.05, 0.1) is 28.3 Å². The summed E-state index contributed by atoms with van der Waals surface area (Å²) in [6.07, 6.45) is 0. The third kappa shape index (κ3) is 5.33. The van der Waals surface area contributed by atoms with Crippen LogP contribution >= 0.6 is 0 Å². The maximum Gasteiger partial charge on any atom is 0.338 e. The van der Waals surface area contributed by atoms with Crippen LogP contribution in [0.3, 0.4) is 0 Å². The van der Waals surface area contributed by atoms with Gasteiger partial charge < -0.3 is 10.1 Å². The number of sulfonamides is 1. The molecule has 0 aliphatic heterocycles. The standard InChI is InChI=1S/C24H24N2O5S/c1-4-31-24(28)18-11-14-21(17(3)15-18)25-23(27)20-7-5-6-8-22(20)26-32(29,30)19-12-9-16(2)10-13-19/h5-15,26H,4H2,1-3H3,(H,25,27). The van der Waals surface area contributed by atoms with E-state index in [2.05, 4.69) is 10.0 Å². The number of rotatable bonds is 7. The molecule has 0 bridgehead atoms. The maximum atomic E-state index is 12.9. The lowest BCUT2D eigenvalue weighted by Gasteiger charge is -2.14. The minimum atomic E-state index is -3.87. The largest absolute Gasteiger partial charge is 0.462 e. The Morgan fingerprint density at radius 1 is 0.906 bits per heavy atom. The van der Waals surface area contributed by atoms with Crippen LogP contribution < -0.4 is 10.0 Å². The average Bonchev–Trinajstić information content (AvgIpc) is 2.75. The fourth-order valence-electron chi connectivity index (χ4n) is 3.03. The molecule has 0 atom stereocenters. The molecule has 1 amide bonds. The normalized spacial score (nSPS) is 11.0. The molecule has 3 aromatic carbocycles. The van der Waals surface area contributed by atoms with E-state index < -0.39 is 21.9 Å². The van der Waals surface area contributed by atoms with E-state index in [9.17, 15) is 18.0 Å². The van der Waals surface area contributed by atoms with Gasteiger partial charge in [0.25, 0.3) is 15.9 Å². The molecule has 7 nitrogen and oxygen atoms in total. The first kappa shape index (κ1) is 23.0. The number of aryl methyl sites for hydroxylation is 2. The summed E-state index contributed by atoms with van der Waals surface area (Å²) in [5, 5.41) is 2.77. The zero-order valence-corrected chi connectivity index (χ0v) is 18.8. The topological polar surface area (TPSA) is 102 Å². The minimum Gasteiger partial charge on any atom is -0.462 e. The summed E-state index contributed by atoms with van der Waals surface area (Å²) in [5.41, 5.74) is 2.81. The summed E-state index contributed by atoms with van der Waals surface area (Å²) in [5.74, 6) is -0.927. The highest BCUT2D eigenvalue weighted by Crippen LogP contribution is 2.23. The number of hydrogen-bond donors (Lipinski definition) is 2. The van der Waals surface area contributed by atoms with Crippen molar-refractivity contribution in [3.05, 3.63) is 89.0 Å². The van der Waals surface area contributed by atoms with E-state index in [1.807, 2.05) is 6.92 Å². The lowest BCUT2D eigenvalue weighted by Crippen LogP contribution is -2.19. The second kappa shape index (κ2) is 9.65. The van der Waals surface area contributed by atoms with Gasteiger partial charge in [-0.25, -0.2) is 13.2 Å². The number of esters is 1. The molecule has 0 saturated carbocycles. The van der Waals surface area contributed by atoms with Crippen LogP contribution in [0.5, 0.6) is 0 Å². The molecule has 3 aromatic rings. The average molecular weight is 453 g/mol. The van der Waals surface area contributed by atoms with Crippen molar-refractivity contribution in [1.82, 2.24) is 0 Å². The van der Waals surface area contributed by atoms with Crippen molar-refractivity contribution in [2.24, 2.45) is 0 Å². The third-order valence-corrected chi connectivity index (χ3v) is 6.11. The van der Waals surface area contributed by atoms with E-state index >= 15 is 0 Å². The monoisotopic (exact) mass is 452 g/mol. The van der Waals surface area contributed by atoms with Gasteiger partial charge >= 0.3 is 5.97 Å². The molecule has 0 spiro atoms. The second-order valence-electron chi connectivity index (χ2n) is 7.17. The maximum absolute atomic E-state index is 12.9. The first-order valence-electron chi connectivity index (χ1n) is 9.99. The van der Waals surface area contributed by atoms with Crippen molar-refractivity contribution in [3.63, 3.8) is 0 Å². The Morgan fingerprint density at radius 2 is 1.59 bits per heavy atom. The van der Waals surface area contributed by atoms with E-state index in [4.69, 9.17) is 4.74 Å². The molecule has 0 aromatic heterocycles. The predicted molar refractivity (Wildman–Crippen MR) is 124 cm³/mol. The summed E-state index contributed by atoms with van der Waals surface area (Å²) in [4.78, 5) is 24.9. The Bertz CT molecular complexity index is 1250. The van der Waals surface area contributed by atoms with Crippen LogP contribution in [0.4, 0.5) is 11.4 Å². The SMILES string of the molecule is CCOC(=O)c1ccc(NC(=O)c2ccccc2NS(=O)(=O)c2ccc(C)cc2)c(C)c1. The van der Waals surface area contributed by atoms with E-state index in [0.29, 0.717) is 16.8 Å². The number of hydrogen-bond acceptors (Lipinski definition) is 5. The number of anilines is 2. The van der Waals surface area contributed by atoms with Crippen molar-refractivity contribution in [2.45, 2.75) is 25.7 Å². The zero-order chi connectivity index (χ0) is 23.3.